The number of rotatable bonds is 4. The number of hydrogen-bond donors (Lipinski definition) is 2. The van der Waals surface area contributed by atoms with E-state index in [4.69, 9.17) is 9.72 Å². The Balaban J connectivity index is 1.99. The fourth-order valence-corrected chi connectivity index (χ4v) is 3.14. The molecule has 7 nitrogen and oxygen atoms in total. The van der Waals surface area contributed by atoms with Gasteiger partial charge < -0.3 is 10.1 Å². The van der Waals surface area contributed by atoms with E-state index < -0.39 is 24.0 Å². The number of esters is 1. The molecular formula is C23H23N3O4. The maximum atomic E-state index is 12.9. The van der Waals surface area contributed by atoms with Crippen molar-refractivity contribution < 1.29 is 19.1 Å². The summed E-state index contributed by atoms with van der Waals surface area (Å²) in [5.74, 6) is -1.38. The number of imide groups is 1. The largest absolute Gasteiger partial charge is 0.449 e. The monoisotopic (exact) mass is 405 g/mol. The molecule has 0 fully saturated rings. The van der Waals surface area contributed by atoms with Gasteiger partial charge in [0.2, 0.25) is 0 Å². The number of hydrogen-bond acceptors (Lipinski definition) is 5. The molecule has 0 radical (unpaired) electrons. The van der Waals surface area contributed by atoms with Gasteiger partial charge >= 0.3 is 12.0 Å². The molecule has 0 aliphatic heterocycles. The second kappa shape index (κ2) is 8.73. The number of benzene rings is 2. The highest BCUT2D eigenvalue weighted by Crippen LogP contribution is 2.28. The average Bonchev–Trinajstić information content (AvgIpc) is 2.72. The van der Waals surface area contributed by atoms with Crippen LogP contribution in [0.1, 0.15) is 28.4 Å². The Morgan fingerprint density at radius 1 is 1.03 bits per heavy atom. The van der Waals surface area contributed by atoms with E-state index in [0.29, 0.717) is 22.2 Å². The van der Waals surface area contributed by atoms with Gasteiger partial charge in [-0.1, -0.05) is 42.0 Å². The standard InChI is InChI=1S/C23H23N3O4/c1-13-9-10-16(14(2)11-13)20-12-18(17-7-5-6-8-19(17)25-20)22(28)30-15(3)21(27)26-23(29)24-4/h5-12,15H,1-4H3,(H2,24,26,27,29). The zero-order chi connectivity index (χ0) is 21.8. The Kier molecular flexibility index (Phi) is 6.11. The normalized spacial score (nSPS) is 11.6. The smallest absolute Gasteiger partial charge is 0.339 e. The van der Waals surface area contributed by atoms with Crippen molar-refractivity contribution in [3.8, 4) is 11.3 Å². The SMILES string of the molecule is CNC(=O)NC(=O)C(C)OC(=O)c1cc(-c2ccc(C)cc2C)nc2ccccc12. The minimum absolute atomic E-state index is 0.301. The molecule has 0 aliphatic rings. The van der Waals surface area contributed by atoms with E-state index in [9.17, 15) is 14.4 Å². The van der Waals surface area contributed by atoms with Crippen LogP contribution in [0.2, 0.25) is 0 Å². The first-order valence-electron chi connectivity index (χ1n) is 9.51. The molecule has 3 amide bonds. The number of aromatic nitrogens is 1. The number of nitrogens with zero attached hydrogens (tertiary/aromatic N) is 1. The summed E-state index contributed by atoms with van der Waals surface area (Å²) < 4.78 is 5.33. The number of amides is 3. The minimum atomic E-state index is -1.15. The molecule has 0 saturated heterocycles. The van der Waals surface area contributed by atoms with Crippen molar-refractivity contribution in [1.29, 1.82) is 0 Å². The third-order valence-corrected chi connectivity index (χ3v) is 4.71. The Labute approximate surface area is 174 Å². The summed E-state index contributed by atoms with van der Waals surface area (Å²) >= 11 is 0. The first-order chi connectivity index (χ1) is 14.3. The molecular weight excluding hydrogens is 382 g/mol. The first kappa shape index (κ1) is 21.0. The van der Waals surface area contributed by atoms with E-state index >= 15 is 0 Å². The highest BCUT2D eigenvalue weighted by atomic mass is 16.5. The van der Waals surface area contributed by atoms with Crippen LogP contribution in [0.5, 0.6) is 0 Å². The average molecular weight is 405 g/mol. The van der Waals surface area contributed by atoms with Crippen LogP contribution in [0.4, 0.5) is 4.79 Å². The number of ether oxygens (including phenoxy) is 1. The van der Waals surface area contributed by atoms with E-state index in [1.165, 1.54) is 14.0 Å². The van der Waals surface area contributed by atoms with Crippen LogP contribution < -0.4 is 10.6 Å². The number of aryl methyl sites for hydroxylation is 2. The zero-order valence-corrected chi connectivity index (χ0v) is 17.3. The van der Waals surface area contributed by atoms with Crippen molar-refractivity contribution in [2.24, 2.45) is 0 Å². The first-order valence-corrected chi connectivity index (χ1v) is 9.51. The van der Waals surface area contributed by atoms with Crippen molar-refractivity contribution >= 4 is 28.8 Å². The van der Waals surface area contributed by atoms with Crippen molar-refractivity contribution in [2.75, 3.05) is 7.05 Å². The lowest BCUT2D eigenvalue weighted by Crippen LogP contribution is -2.43. The molecule has 7 heteroatoms. The highest BCUT2D eigenvalue weighted by Gasteiger charge is 2.23. The van der Waals surface area contributed by atoms with E-state index in [1.54, 1.807) is 18.2 Å². The van der Waals surface area contributed by atoms with Crippen molar-refractivity contribution in [3.05, 3.63) is 65.2 Å². The molecule has 0 saturated carbocycles. The molecule has 1 aromatic heterocycles. The maximum Gasteiger partial charge on any atom is 0.339 e. The number of urea groups is 1. The van der Waals surface area contributed by atoms with Crippen LogP contribution in [0, 0.1) is 13.8 Å². The van der Waals surface area contributed by atoms with Gasteiger partial charge in [-0.15, -0.1) is 0 Å². The van der Waals surface area contributed by atoms with Crippen LogP contribution in [-0.2, 0) is 9.53 Å². The van der Waals surface area contributed by atoms with E-state index in [1.807, 2.05) is 38.1 Å². The Hall–Kier alpha value is -3.74. The third-order valence-electron chi connectivity index (χ3n) is 4.71. The number of fused-ring (bicyclic) bond motifs is 1. The highest BCUT2D eigenvalue weighted by molar-refractivity contribution is 6.06. The number of carbonyl (C=O) groups excluding carboxylic acids is 3. The second-order valence-corrected chi connectivity index (χ2v) is 7.01. The van der Waals surface area contributed by atoms with Gasteiger partial charge in [0.1, 0.15) is 0 Å². The van der Waals surface area contributed by atoms with Crippen molar-refractivity contribution in [1.82, 2.24) is 15.6 Å². The van der Waals surface area contributed by atoms with Gasteiger partial charge in [-0.3, -0.25) is 10.1 Å². The summed E-state index contributed by atoms with van der Waals surface area (Å²) in [6.45, 7) is 5.41. The molecule has 2 aromatic carbocycles. The summed E-state index contributed by atoms with van der Waals surface area (Å²) in [6, 6.07) is 14.3. The molecule has 30 heavy (non-hydrogen) atoms. The van der Waals surface area contributed by atoms with Gasteiger partial charge in [-0.2, -0.15) is 0 Å². The summed E-state index contributed by atoms with van der Waals surface area (Å²) in [5.41, 5.74) is 4.66. The lowest BCUT2D eigenvalue weighted by atomic mass is 9.99. The number of para-hydroxylation sites is 1. The lowest BCUT2D eigenvalue weighted by molar-refractivity contribution is -0.127. The fraction of sp³-hybridized carbons (Fsp3) is 0.217. The summed E-state index contributed by atoms with van der Waals surface area (Å²) in [4.78, 5) is 41.0. The van der Waals surface area contributed by atoms with E-state index in [0.717, 1.165) is 16.7 Å². The molecule has 0 aliphatic carbocycles. The summed E-state index contributed by atoms with van der Waals surface area (Å²) in [6.07, 6.45) is -1.15. The lowest BCUT2D eigenvalue weighted by Gasteiger charge is -2.15. The van der Waals surface area contributed by atoms with Crippen molar-refractivity contribution in [2.45, 2.75) is 26.9 Å². The Morgan fingerprint density at radius 2 is 1.77 bits per heavy atom. The molecule has 0 bridgehead atoms. The molecule has 1 atom stereocenters. The molecule has 1 heterocycles. The number of pyridine rings is 1. The van der Waals surface area contributed by atoms with E-state index in [2.05, 4.69) is 16.7 Å². The van der Waals surface area contributed by atoms with E-state index in [-0.39, 0.29) is 0 Å². The van der Waals surface area contributed by atoms with Gasteiger partial charge in [0.15, 0.2) is 6.10 Å². The quantitative estimate of drug-likeness (QED) is 0.648. The molecule has 154 valence electrons. The molecule has 0 spiro atoms. The molecule has 1 unspecified atom stereocenters. The molecule has 2 N–H and O–H groups in total. The zero-order valence-electron chi connectivity index (χ0n) is 17.3. The Bertz CT molecular complexity index is 1140. The molecule has 3 aromatic rings. The topological polar surface area (TPSA) is 97.4 Å². The summed E-state index contributed by atoms with van der Waals surface area (Å²) in [5, 5.41) is 4.99. The second-order valence-electron chi connectivity index (χ2n) is 7.01. The van der Waals surface area contributed by atoms with Crippen molar-refractivity contribution in [3.63, 3.8) is 0 Å². The van der Waals surface area contributed by atoms with Gasteiger partial charge in [0, 0.05) is 18.0 Å². The third kappa shape index (κ3) is 4.46. The summed E-state index contributed by atoms with van der Waals surface area (Å²) in [7, 11) is 1.39. The van der Waals surface area contributed by atoms with Crippen LogP contribution in [0.25, 0.3) is 22.2 Å². The minimum Gasteiger partial charge on any atom is -0.449 e. The molecule has 3 rings (SSSR count). The van der Waals surface area contributed by atoms with Gasteiger partial charge in [0.25, 0.3) is 5.91 Å². The van der Waals surface area contributed by atoms with Gasteiger partial charge in [0.05, 0.1) is 16.8 Å². The Morgan fingerprint density at radius 3 is 2.47 bits per heavy atom. The van der Waals surface area contributed by atoms with Crippen LogP contribution in [-0.4, -0.2) is 36.0 Å². The predicted octanol–water partition coefficient (Wildman–Crippen LogP) is 3.52. The van der Waals surface area contributed by atoms with Crippen LogP contribution in [0.3, 0.4) is 0 Å². The number of carbonyl (C=O) groups is 3. The van der Waals surface area contributed by atoms with Gasteiger partial charge in [-0.25, -0.2) is 14.6 Å². The fourth-order valence-electron chi connectivity index (χ4n) is 3.14. The maximum absolute atomic E-state index is 12.9. The van der Waals surface area contributed by atoms with Crippen LogP contribution in [0.15, 0.2) is 48.5 Å². The number of nitrogens with one attached hydrogen (secondary N) is 2. The van der Waals surface area contributed by atoms with Crippen LogP contribution >= 0.6 is 0 Å². The van der Waals surface area contributed by atoms with Gasteiger partial charge in [-0.05, 0) is 38.5 Å². The predicted molar refractivity (Wildman–Crippen MR) is 114 cm³/mol.